The number of aromatic nitrogens is 1. The summed E-state index contributed by atoms with van der Waals surface area (Å²) < 4.78 is 32.6. The van der Waals surface area contributed by atoms with Crippen LogP contribution in [0.2, 0.25) is 0 Å². The van der Waals surface area contributed by atoms with E-state index in [1.807, 2.05) is 44.2 Å². The topological polar surface area (TPSA) is 72.2 Å². The van der Waals surface area contributed by atoms with Crippen LogP contribution in [0.25, 0.3) is 0 Å². The highest BCUT2D eigenvalue weighted by Gasteiger charge is 2.28. The molecular weight excluding hydrogens is 288 g/mol. The number of hydrogen-bond acceptors (Lipinski definition) is 4. The molecule has 0 unspecified atom stereocenters. The molecule has 0 radical (unpaired) electrons. The van der Waals surface area contributed by atoms with E-state index in [-0.39, 0.29) is 5.75 Å². The Bertz CT molecular complexity index is 699. The molecule has 1 aromatic heterocycles. The fourth-order valence-corrected chi connectivity index (χ4v) is 4.00. The largest absolute Gasteiger partial charge is 0.361 e. The van der Waals surface area contributed by atoms with Gasteiger partial charge >= 0.3 is 0 Å². The third-order valence-electron chi connectivity index (χ3n) is 3.42. The monoisotopic (exact) mass is 308 g/mol. The first-order valence-corrected chi connectivity index (χ1v) is 8.35. The summed E-state index contributed by atoms with van der Waals surface area (Å²) in [6, 6.07) is 9.48. The molecule has 1 aromatic carbocycles. The lowest BCUT2D eigenvalue weighted by atomic mass is 9.96. The van der Waals surface area contributed by atoms with E-state index in [2.05, 4.69) is 9.88 Å². The van der Waals surface area contributed by atoms with Crippen LogP contribution in [0.15, 0.2) is 34.9 Å². The number of rotatable bonds is 5. The molecule has 2 rings (SSSR count). The average Bonchev–Trinajstić information content (AvgIpc) is 2.70. The summed E-state index contributed by atoms with van der Waals surface area (Å²) in [4.78, 5) is 0. The highest BCUT2D eigenvalue weighted by Crippen LogP contribution is 2.22. The van der Waals surface area contributed by atoms with Crippen molar-refractivity contribution in [2.75, 3.05) is 0 Å². The number of nitrogens with zero attached hydrogens (tertiary/aromatic N) is 1. The zero-order valence-electron chi connectivity index (χ0n) is 12.7. The van der Waals surface area contributed by atoms with Crippen LogP contribution >= 0.6 is 0 Å². The zero-order valence-corrected chi connectivity index (χ0v) is 13.5. The molecule has 0 saturated heterocycles. The fourth-order valence-electron chi connectivity index (χ4n) is 2.24. The lowest BCUT2D eigenvalue weighted by molar-refractivity contribution is 0.392. The van der Waals surface area contributed by atoms with E-state index in [4.69, 9.17) is 4.52 Å². The normalized spacial score (nSPS) is 12.6. The second kappa shape index (κ2) is 5.61. The fraction of sp³-hybridized carbons (Fsp3) is 0.400. The molecule has 5 nitrogen and oxygen atoms in total. The van der Waals surface area contributed by atoms with Crippen molar-refractivity contribution in [1.82, 2.24) is 9.88 Å². The molecule has 0 fully saturated rings. The van der Waals surface area contributed by atoms with Crippen molar-refractivity contribution in [3.63, 3.8) is 0 Å². The first kappa shape index (κ1) is 15.7. The predicted molar refractivity (Wildman–Crippen MR) is 81.2 cm³/mol. The SMILES string of the molecule is Cc1noc(C)c1CS(=O)(=O)NC(C)(C)c1ccccc1. The van der Waals surface area contributed by atoms with Crippen LogP contribution in [-0.2, 0) is 21.3 Å². The molecule has 0 aliphatic rings. The number of aryl methyl sites for hydroxylation is 2. The Labute approximate surface area is 125 Å². The van der Waals surface area contributed by atoms with Crippen LogP contribution in [-0.4, -0.2) is 13.6 Å². The van der Waals surface area contributed by atoms with E-state index in [0.29, 0.717) is 17.0 Å². The molecule has 0 aliphatic carbocycles. The van der Waals surface area contributed by atoms with Crippen molar-refractivity contribution < 1.29 is 12.9 Å². The van der Waals surface area contributed by atoms with Crippen LogP contribution in [0.4, 0.5) is 0 Å². The molecular formula is C15H20N2O3S. The van der Waals surface area contributed by atoms with Gasteiger partial charge in [-0.3, -0.25) is 0 Å². The van der Waals surface area contributed by atoms with Gasteiger partial charge in [-0.1, -0.05) is 35.5 Å². The van der Waals surface area contributed by atoms with Gasteiger partial charge in [0.15, 0.2) is 0 Å². The van der Waals surface area contributed by atoms with Gasteiger partial charge in [0.25, 0.3) is 0 Å². The lowest BCUT2D eigenvalue weighted by Crippen LogP contribution is -2.41. The molecule has 0 saturated carbocycles. The second-order valence-corrected chi connectivity index (χ2v) is 7.38. The van der Waals surface area contributed by atoms with E-state index >= 15 is 0 Å². The molecule has 1 N–H and O–H groups in total. The van der Waals surface area contributed by atoms with Crippen LogP contribution in [0.3, 0.4) is 0 Å². The quantitative estimate of drug-likeness (QED) is 0.921. The molecule has 21 heavy (non-hydrogen) atoms. The predicted octanol–water partition coefficient (Wildman–Crippen LogP) is 2.65. The maximum absolute atomic E-state index is 12.4. The molecule has 2 aromatic rings. The minimum absolute atomic E-state index is 0.134. The van der Waals surface area contributed by atoms with E-state index in [0.717, 1.165) is 5.56 Å². The minimum Gasteiger partial charge on any atom is -0.361 e. The average molecular weight is 308 g/mol. The summed E-state index contributed by atoms with van der Waals surface area (Å²) in [5, 5.41) is 3.79. The Hall–Kier alpha value is -1.66. The van der Waals surface area contributed by atoms with Gasteiger partial charge in [-0.15, -0.1) is 0 Å². The Morgan fingerprint density at radius 1 is 1.19 bits per heavy atom. The minimum atomic E-state index is -3.51. The van der Waals surface area contributed by atoms with E-state index < -0.39 is 15.6 Å². The van der Waals surface area contributed by atoms with Gasteiger partial charge < -0.3 is 4.52 Å². The summed E-state index contributed by atoms with van der Waals surface area (Å²) in [5.41, 5.74) is 1.45. The molecule has 0 atom stereocenters. The Kier molecular flexibility index (Phi) is 4.20. The van der Waals surface area contributed by atoms with Gasteiger partial charge in [-0.25, -0.2) is 13.1 Å². The van der Waals surface area contributed by atoms with E-state index in [1.54, 1.807) is 13.8 Å². The van der Waals surface area contributed by atoms with Crippen molar-refractivity contribution in [1.29, 1.82) is 0 Å². The number of hydrogen-bond donors (Lipinski definition) is 1. The molecule has 0 aliphatic heterocycles. The summed E-state index contributed by atoms with van der Waals surface area (Å²) in [7, 11) is -3.51. The molecule has 0 bridgehead atoms. The number of nitrogens with one attached hydrogen (secondary N) is 1. The van der Waals surface area contributed by atoms with Gasteiger partial charge in [-0.2, -0.15) is 0 Å². The number of benzene rings is 1. The smallest absolute Gasteiger partial charge is 0.216 e. The van der Waals surface area contributed by atoms with Crippen molar-refractivity contribution in [3.8, 4) is 0 Å². The van der Waals surface area contributed by atoms with Crippen LogP contribution in [0.1, 0.15) is 36.4 Å². The first-order valence-electron chi connectivity index (χ1n) is 6.70. The summed E-state index contributed by atoms with van der Waals surface area (Å²) in [6.45, 7) is 7.14. The van der Waals surface area contributed by atoms with Crippen molar-refractivity contribution in [2.45, 2.75) is 39.0 Å². The van der Waals surface area contributed by atoms with Gasteiger partial charge in [0.05, 0.1) is 17.0 Å². The molecule has 1 heterocycles. The van der Waals surface area contributed by atoms with E-state index in [9.17, 15) is 8.42 Å². The summed E-state index contributed by atoms with van der Waals surface area (Å²) in [6.07, 6.45) is 0. The maximum atomic E-state index is 12.4. The number of sulfonamides is 1. The van der Waals surface area contributed by atoms with Crippen LogP contribution in [0.5, 0.6) is 0 Å². The Morgan fingerprint density at radius 3 is 2.33 bits per heavy atom. The highest BCUT2D eigenvalue weighted by molar-refractivity contribution is 7.88. The van der Waals surface area contributed by atoms with Gasteiger partial charge in [0.2, 0.25) is 10.0 Å². The third-order valence-corrected chi connectivity index (χ3v) is 4.91. The second-order valence-electron chi connectivity index (χ2n) is 5.65. The van der Waals surface area contributed by atoms with Crippen molar-refractivity contribution in [2.24, 2.45) is 0 Å². The Morgan fingerprint density at radius 2 is 1.81 bits per heavy atom. The van der Waals surface area contributed by atoms with Gasteiger partial charge in [0, 0.05) is 5.56 Å². The Balaban J connectivity index is 2.22. The summed E-state index contributed by atoms with van der Waals surface area (Å²) in [5.74, 6) is 0.403. The van der Waals surface area contributed by atoms with Crippen LogP contribution in [0, 0.1) is 13.8 Å². The van der Waals surface area contributed by atoms with Crippen LogP contribution < -0.4 is 4.72 Å². The van der Waals surface area contributed by atoms with Crippen molar-refractivity contribution >= 4 is 10.0 Å². The standard InChI is InChI=1S/C15H20N2O3S/c1-11-14(12(2)20-16-11)10-21(18,19)17-15(3,4)13-8-6-5-7-9-13/h5-9,17H,10H2,1-4H3. The molecule has 0 spiro atoms. The molecule has 114 valence electrons. The van der Waals surface area contributed by atoms with Gasteiger partial charge in [0.1, 0.15) is 5.76 Å². The summed E-state index contributed by atoms with van der Waals surface area (Å²) >= 11 is 0. The van der Waals surface area contributed by atoms with E-state index in [1.165, 1.54) is 0 Å². The molecule has 6 heteroatoms. The maximum Gasteiger partial charge on any atom is 0.216 e. The zero-order chi connectivity index (χ0) is 15.7. The lowest BCUT2D eigenvalue weighted by Gasteiger charge is -2.26. The third kappa shape index (κ3) is 3.71. The molecule has 0 amide bonds. The highest BCUT2D eigenvalue weighted by atomic mass is 32.2. The first-order chi connectivity index (χ1) is 9.71. The van der Waals surface area contributed by atoms with Gasteiger partial charge in [-0.05, 0) is 33.3 Å². The van der Waals surface area contributed by atoms with Crippen molar-refractivity contribution in [3.05, 3.63) is 52.9 Å².